The highest BCUT2D eigenvalue weighted by Gasteiger charge is 2.26. The van der Waals surface area contributed by atoms with Crippen LogP contribution in [0.4, 0.5) is 5.13 Å². The number of nitrogens with zero attached hydrogens (tertiary/aromatic N) is 3. The summed E-state index contributed by atoms with van der Waals surface area (Å²) in [5, 5.41) is 0.425. The van der Waals surface area contributed by atoms with Gasteiger partial charge in [0.1, 0.15) is 0 Å². The number of sulfone groups is 1. The lowest BCUT2D eigenvalue weighted by Gasteiger charge is -2.21. The fourth-order valence-corrected chi connectivity index (χ4v) is 5.06. The number of methoxy groups -OCH3 is 2. The molecule has 1 amide bonds. The fourth-order valence-electron chi connectivity index (χ4n) is 3.34. The Morgan fingerprint density at radius 3 is 2.58 bits per heavy atom. The molecule has 0 aliphatic heterocycles. The van der Waals surface area contributed by atoms with Crippen molar-refractivity contribution in [3.05, 3.63) is 72.1 Å². The summed E-state index contributed by atoms with van der Waals surface area (Å²) in [6.07, 6.45) is 4.49. The van der Waals surface area contributed by atoms with Gasteiger partial charge in [0, 0.05) is 18.6 Å². The van der Waals surface area contributed by atoms with E-state index in [9.17, 15) is 13.2 Å². The Morgan fingerprint density at radius 1 is 1.09 bits per heavy atom. The summed E-state index contributed by atoms with van der Waals surface area (Å²) >= 11 is 1.24. The minimum atomic E-state index is -3.37. The molecule has 8 nitrogen and oxygen atoms in total. The van der Waals surface area contributed by atoms with Gasteiger partial charge in [-0.15, -0.1) is 0 Å². The van der Waals surface area contributed by atoms with Crippen LogP contribution in [0.5, 0.6) is 11.5 Å². The molecule has 0 bridgehead atoms. The summed E-state index contributed by atoms with van der Waals surface area (Å²) in [6.45, 7) is 0.214. The van der Waals surface area contributed by atoms with Crippen molar-refractivity contribution in [2.24, 2.45) is 0 Å². The molecule has 10 heteroatoms. The van der Waals surface area contributed by atoms with Crippen molar-refractivity contribution in [2.75, 3.05) is 25.4 Å². The average molecular weight is 484 g/mol. The topological polar surface area (TPSA) is 98.7 Å². The van der Waals surface area contributed by atoms with Gasteiger partial charge in [0.05, 0.1) is 41.4 Å². The van der Waals surface area contributed by atoms with Gasteiger partial charge in [0.25, 0.3) is 5.91 Å². The Labute approximate surface area is 195 Å². The number of ether oxygens (including phenoxy) is 2. The molecule has 0 aliphatic carbocycles. The van der Waals surface area contributed by atoms with Gasteiger partial charge in [-0.1, -0.05) is 23.5 Å². The van der Waals surface area contributed by atoms with E-state index in [1.165, 1.54) is 36.5 Å². The number of anilines is 1. The number of pyridine rings is 1. The van der Waals surface area contributed by atoms with Crippen LogP contribution in [0.1, 0.15) is 15.9 Å². The average Bonchev–Trinajstić information content (AvgIpc) is 3.24. The lowest BCUT2D eigenvalue weighted by molar-refractivity contribution is 0.0981. The zero-order valence-corrected chi connectivity index (χ0v) is 19.8. The highest BCUT2D eigenvalue weighted by molar-refractivity contribution is 7.90. The number of benzene rings is 2. The van der Waals surface area contributed by atoms with E-state index in [0.717, 1.165) is 11.8 Å². The maximum Gasteiger partial charge on any atom is 0.264 e. The molecular weight excluding hydrogens is 462 g/mol. The van der Waals surface area contributed by atoms with Crippen LogP contribution in [0.15, 0.2) is 65.8 Å². The van der Waals surface area contributed by atoms with Crippen LogP contribution in [-0.2, 0) is 16.4 Å². The van der Waals surface area contributed by atoms with Crippen LogP contribution in [0.25, 0.3) is 10.2 Å². The monoisotopic (exact) mass is 483 g/mol. The van der Waals surface area contributed by atoms with Crippen LogP contribution in [0.3, 0.4) is 0 Å². The highest BCUT2D eigenvalue weighted by Crippen LogP contribution is 2.36. The number of para-hydroxylation sites is 1. The molecule has 33 heavy (non-hydrogen) atoms. The summed E-state index contributed by atoms with van der Waals surface area (Å²) in [5.41, 5.74) is 1.73. The van der Waals surface area contributed by atoms with E-state index in [1.807, 2.05) is 6.07 Å². The van der Waals surface area contributed by atoms with Crippen LogP contribution in [0.2, 0.25) is 0 Å². The van der Waals surface area contributed by atoms with Gasteiger partial charge in [0.15, 0.2) is 26.5 Å². The van der Waals surface area contributed by atoms with Crippen molar-refractivity contribution >= 4 is 42.4 Å². The predicted molar refractivity (Wildman–Crippen MR) is 127 cm³/mol. The number of fused-ring (bicyclic) bond motifs is 1. The van der Waals surface area contributed by atoms with Gasteiger partial charge in [-0.2, -0.15) is 0 Å². The summed E-state index contributed by atoms with van der Waals surface area (Å²) in [4.78, 5) is 24.2. The number of amides is 1. The SMILES string of the molecule is COc1cccc(C(=O)N(Cc2cccnc2)c2nc3ccc(S(C)(=O)=O)cc3s2)c1OC. The molecule has 0 radical (unpaired) electrons. The smallest absolute Gasteiger partial charge is 0.264 e. The minimum Gasteiger partial charge on any atom is -0.493 e. The normalized spacial score (nSPS) is 11.4. The standard InChI is InChI=1S/C23H21N3O5S2/c1-30-19-8-4-7-17(21(19)31-2)22(27)26(14-15-6-5-11-24-13-15)23-25-18-10-9-16(33(3,28)29)12-20(18)32-23/h4-13H,14H2,1-3H3. The Morgan fingerprint density at radius 2 is 1.91 bits per heavy atom. The van der Waals surface area contributed by atoms with E-state index in [2.05, 4.69) is 9.97 Å². The Hall–Kier alpha value is -3.50. The highest BCUT2D eigenvalue weighted by atomic mass is 32.2. The lowest BCUT2D eigenvalue weighted by atomic mass is 10.1. The van der Waals surface area contributed by atoms with Crippen molar-refractivity contribution < 1.29 is 22.7 Å². The number of rotatable bonds is 7. The molecule has 0 atom stereocenters. The molecule has 2 aromatic heterocycles. The predicted octanol–water partition coefficient (Wildman–Crippen LogP) is 3.96. The molecule has 170 valence electrons. The Kier molecular flexibility index (Phi) is 6.30. The molecule has 2 heterocycles. The number of thiazole rings is 1. The minimum absolute atomic E-state index is 0.199. The third-order valence-corrected chi connectivity index (χ3v) is 7.10. The van der Waals surface area contributed by atoms with Crippen molar-refractivity contribution in [3.8, 4) is 11.5 Å². The second-order valence-corrected chi connectivity index (χ2v) is 10.2. The molecular formula is C23H21N3O5S2. The van der Waals surface area contributed by atoms with Gasteiger partial charge >= 0.3 is 0 Å². The summed E-state index contributed by atoms with van der Waals surface area (Å²) < 4.78 is 35.4. The Bertz CT molecular complexity index is 1420. The van der Waals surface area contributed by atoms with Crippen LogP contribution in [0, 0.1) is 0 Å². The first-order valence-electron chi connectivity index (χ1n) is 9.84. The third kappa shape index (κ3) is 4.67. The van der Waals surface area contributed by atoms with Crippen LogP contribution < -0.4 is 14.4 Å². The van der Waals surface area contributed by atoms with Gasteiger partial charge in [0.2, 0.25) is 0 Å². The number of hydrogen-bond donors (Lipinski definition) is 0. The summed E-state index contributed by atoms with van der Waals surface area (Å²) in [5.74, 6) is 0.422. The van der Waals surface area contributed by atoms with Crippen molar-refractivity contribution in [3.63, 3.8) is 0 Å². The molecule has 0 saturated carbocycles. The number of carbonyl (C=O) groups is 1. The molecule has 0 fully saturated rings. The number of hydrogen-bond acceptors (Lipinski definition) is 8. The summed E-state index contributed by atoms with van der Waals surface area (Å²) in [7, 11) is -0.387. The van der Waals surface area contributed by atoms with Gasteiger partial charge in [-0.3, -0.25) is 14.7 Å². The van der Waals surface area contributed by atoms with Crippen molar-refractivity contribution in [1.82, 2.24) is 9.97 Å². The third-order valence-electron chi connectivity index (χ3n) is 4.95. The van der Waals surface area contributed by atoms with E-state index in [0.29, 0.717) is 32.4 Å². The van der Waals surface area contributed by atoms with Crippen molar-refractivity contribution in [2.45, 2.75) is 11.4 Å². The number of carbonyl (C=O) groups excluding carboxylic acids is 1. The number of aromatic nitrogens is 2. The maximum absolute atomic E-state index is 13.7. The lowest BCUT2D eigenvalue weighted by Crippen LogP contribution is -2.30. The maximum atomic E-state index is 13.7. The fraction of sp³-hybridized carbons (Fsp3) is 0.174. The summed E-state index contributed by atoms with van der Waals surface area (Å²) in [6, 6.07) is 13.5. The molecule has 0 aliphatic rings. The van der Waals surface area contributed by atoms with E-state index in [-0.39, 0.29) is 17.3 Å². The Balaban J connectivity index is 1.83. The van der Waals surface area contributed by atoms with Crippen LogP contribution in [-0.4, -0.2) is 44.8 Å². The molecule has 0 N–H and O–H groups in total. The molecule has 2 aromatic carbocycles. The van der Waals surface area contributed by atoms with Gasteiger partial charge < -0.3 is 9.47 Å². The molecule has 0 spiro atoms. The second kappa shape index (κ2) is 9.16. The first-order chi connectivity index (χ1) is 15.8. The van der Waals surface area contributed by atoms with E-state index >= 15 is 0 Å². The molecule has 0 saturated heterocycles. The van der Waals surface area contributed by atoms with E-state index in [4.69, 9.17) is 9.47 Å². The van der Waals surface area contributed by atoms with Crippen molar-refractivity contribution in [1.29, 1.82) is 0 Å². The molecule has 4 aromatic rings. The zero-order chi connectivity index (χ0) is 23.6. The molecule has 4 rings (SSSR count). The molecule has 0 unspecified atom stereocenters. The zero-order valence-electron chi connectivity index (χ0n) is 18.2. The quantitative estimate of drug-likeness (QED) is 0.392. The largest absolute Gasteiger partial charge is 0.493 e. The van der Waals surface area contributed by atoms with Gasteiger partial charge in [-0.05, 0) is 42.0 Å². The second-order valence-electron chi connectivity index (χ2n) is 7.19. The first kappa shape index (κ1) is 22.7. The van der Waals surface area contributed by atoms with E-state index in [1.54, 1.807) is 48.8 Å². The van der Waals surface area contributed by atoms with Crippen LogP contribution >= 0.6 is 11.3 Å². The van der Waals surface area contributed by atoms with E-state index < -0.39 is 9.84 Å². The first-order valence-corrected chi connectivity index (χ1v) is 12.5. The van der Waals surface area contributed by atoms with Gasteiger partial charge in [-0.25, -0.2) is 13.4 Å².